The van der Waals surface area contributed by atoms with Crippen molar-refractivity contribution in [2.75, 3.05) is 13.1 Å². The van der Waals surface area contributed by atoms with E-state index in [1.54, 1.807) is 0 Å². The van der Waals surface area contributed by atoms with Crippen molar-refractivity contribution in [1.29, 1.82) is 0 Å². The average Bonchev–Trinajstić information content (AvgIpc) is 2.32. The molecule has 1 saturated heterocycles. The van der Waals surface area contributed by atoms with Crippen LogP contribution in [0.1, 0.15) is 32.1 Å². The van der Waals surface area contributed by atoms with E-state index in [-0.39, 0.29) is 0 Å². The Kier molecular flexibility index (Phi) is 1.99. The molecule has 0 radical (unpaired) electrons. The first-order valence-electron chi connectivity index (χ1n) is 4.80. The van der Waals surface area contributed by atoms with Crippen LogP contribution in [-0.4, -0.2) is 13.1 Å². The van der Waals surface area contributed by atoms with Crippen LogP contribution in [0.5, 0.6) is 0 Å². The Morgan fingerprint density at radius 3 is 3.00 bits per heavy atom. The lowest BCUT2D eigenvalue weighted by Gasteiger charge is -2.24. The molecule has 0 aromatic carbocycles. The molecule has 0 amide bonds. The Morgan fingerprint density at radius 1 is 1.18 bits per heavy atom. The van der Waals surface area contributed by atoms with Gasteiger partial charge in [0.15, 0.2) is 0 Å². The molecule has 1 nitrogen and oxygen atoms in total. The lowest BCUT2D eigenvalue weighted by molar-refractivity contribution is 0.343. The van der Waals surface area contributed by atoms with Gasteiger partial charge in [0.1, 0.15) is 0 Å². The van der Waals surface area contributed by atoms with E-state index in [2.05, 4.69) is 17.5 Å². The third-order valence-corrected chi connectivity index (χ3v) is 3.04. The highest BCUT2D eigenvalue weighted by atomic mass is 14.9. The van der Waals surface area contributed by atoms with E-state index in [1.165, 1.54) is 45.2 Å². The van der Waals surface area contributed by atoms with Crippen molar-refractivity contribution in [2.45, 2.75) is 32.1 Å². The molecule has 1 atom stereocenters. The molecule has 2 aliphatic rings. The predicted molar refractivity (Wildman–Crippen MR) is 47.5 cm³/mol. The molecule has 1 aliphatic heterocycles. The second-order valence-corrected chi connectivity index (χ2v) is 3.94. The van der Waals surface area contributed by atoms with E-state index in [1.807, 2.05) is 0 Å². The molecular formula is C10H17N. The molecule has 11 heavy (non-hydrogen) atoms. The molecule has 1 fully saturated rings. The lowest BCUT2D eigenvalue weighted by atomic mass is 9.83. The summed E-state index contributed by atoms with van der Waals surface area (Å²) in [7, 11) is 0. The smallest absolute Gasteiger partial charge is 0.00426 e. The van der Waals surface area contributed by atoms with Crippen molar-refractivity contribution in [2.24, 2.45) is 5.41 Å². The first kappa shape index (κ1) is 7.35. The zero-order chi connectivity index (χ0) is 7.57. The van der Waals surface area contributed by atoms with Crippen molar-refractivity contribution in [3.63, 3.8) is 0 Å². The zero-order valence-corrected chi connectivity index (χ0v) is 7.10. The van der Waals surface area contributed by atoms with Crippen LogP contribution in [0, 0.1) is 5.41 Å². The zero-order valence-electron chi connectivity index (χ0n) is 7.10. The van der Waals surface area contributed by atoms with Gasteiger partial charge in [-0.2, -0.15) is 0 Å². The monoisotopic (exact) mass is 151 g/mol. The van der Waals surface area contributed by atoms with Gasteiger partial charge in [-0.1, -0.05) is 18.6 Å². The van der Waals surface area contributed by atoms with Crippen LogP contribution in [-0.2, 0) is 0 Å². The molecule has 62 valence electrons. The Labute approximate surface area is 68.9 Å². The van der Waals surface area contributed by atoms with Gasteiger partial charge in [0.25, 0.3) is 0 Å². The van der Waals surface area contributed by atoms with Crippen LogP contribution in [0.4, 0.5) is 0 Å². The average molecular weight is 151 g/mol. The van der Waals surface area contributed by atoms with E-state index in [0.29, 0.717) is 5.41 Å². The van der Waals surface area contributed by atoms with Gasteiger partial charge in [0.05, 0.1) is 0 Å². The van der Waals surface area contributed by atoms with Gasteiger partial charge >= 0.3 is 0 Å². The highest BCUT2D eigenvalue weighted by Gasteiger charge is 2.29. The summed E-state index contributed by atoms with van der Waals surface area (Å²) in [6, 6.07) is 0. The minimum atomic E-state index is 0.566. The Hall–Kier alpha value is -0.300. The minimum Gasteiger partial charge on any atom is -0.316 e. The van der Waals surface area contributed by atoms with Crippen LogP contribution in [0.2, 0.25) is 0 Å². The lowest BCUT2D eigenvalue weighted by Crippen LogP contribution is -2.28. The number of hydrogen-bond donors (Lipinski definition) is 1. The van der Waals surface area contributed by atoms with Gasteiger partial charge in [-0.25, -0.2) is 0 Å². The summed E-state index contributed by atoms with van der Waals surface area (Å²) >= 11 is 0. The minimum absolute atomic E-state index is 0.566. The van der Waals surface area contributed by atoms with Crippen LogP contribution in [0.15, 0.2) is 12.2 Å². The first-order chi connectivity index (χ1) is 5.41. The molecule has 1 spiro atoms. The maximum Gasteiger partial charge on any atom is 0.00426 e. The first-order valence-corrected chi connectivity index (χ1v) is 4.80. The normalized spacial score (nSPS) is 37.8. The summed E-state index contributed by atoms with van der Waals surface area (Å²) in [5.74, 6) is 0. The summed E-state index contributed by atoms with van der Waals surface area (Å²) in [6.45, 7) is 2.46. The van der Waals surface area contributed by atoms with Crippen molar-refractivity contribution in [1.82, 2.24) is 5.32 Å². The Bertz CT molecular complexity index is 152. The second-order valence-electron chi connectivity index (χ2n) is 3.94. The fourth-order valence-electron chi connectivity index (χ4n) is 2.30. The molecular weight excluding hydrogens is 134 g/mol. The van der Waals surface area contributed by atoms with Gasteiger partial charge in [-0.15, -0.1) is 0 Å². The van der Waals surface area contributed by atoms with E-state index in [0.717, 1.165) is 0 Å². The number of rotatable bonds is 0. The maximum atomic E-state index is 3.53. The fraction of sp³-hybridized carbons (Fsp3) is 0.800. The second kappa shape index (κ2) is 2.98. The van der Waals surface area contributed by atoms with E-state index >= 15 is 0 Å². The highest BCUT2D eigenvalue weighted by Crippen LogP contribution is 2.37. The van der Waals surface area contributed by atoms with Gasteiger partial charge < -0.3 is 5.32 Å². The van der Waals surface area contributed by atoms with Crippen molar-refractivity contribution in [3.05, 3.63) is 12.2 Å². The molecule has 0 aromatic heterocycles. The molecule has 1 heterocycles. The summed E-state index contributed by atoms with van der Waals surface area (Å²) in [5, 5.41) is 3.53. The van der Waals surface area contributed by atoms with Crippen LogP contribution in [0.3, 0.4) is 0 Å². The van der Waals surface area contributed by atoms with Crippen LogP contribution >= 0.6 is 0 Å². The van der Waals surface area contributed by atoms with Crippen LogP contribution in [0.25, 0.3) is 0 Å². The third-order valence-electron chi connectivity index (χ3n) is 3.04. The summed E-state index contributed by atoms with van der Waals surface area (Å²) < 4.78 is 0. The Morgan fingerprint density at radius 2 is 2.18 bits per heavy atom. The van der Waals surface area contributed by atoms with Gasteiger partial charge in [0, 0.05) is 12.0 Å². The van der Waals surface area contributed by atoms with E-state index in [4.69, 9.17) is 0 Å². The fourth-order valence-corrected chi connectivity index (χ4v) is 2.30. The van der Waals surface area contributed by atoms with Crippen LogP contribution < -0.4 is 5.32 Å². The SMILES string of the molecule is C1=CC2(CC1)CCCCNC2. The van der Waals surface area contributed by atoms with Crippen molar-refractivity contribution < 1.29 is 0 Å². The molecule has 1 N–H and O–H groups in total. The molecule has 0 bridgehead atoms. The molecule has 1 unspecified atom stereocenters. The third kappa shape index (κ3) is 1.48. The van der Waals surface area contributed by atoms with Gasteiger partial charge in [-0.3, -0.25) is 0 Å². The number of allylic oxidation sites excluding steroid dienone is 1. The van der Waals surface area contributed by atoms with E-state index < -0.39 is 0 Å². The van der Waals surface area contributed by atoms with Crippen molar-refractivity contribution >= 4 is 0 Å². The predicted octanol–water partition coefficient (Wildman–Crippen LogP) is 2.10. The molecule has 0 aromatic rings. The summed E-state index contributed by atoms with van der Waals surface area (Å²) in [4.78, 5) is 0. The number of hydrogen-bond acceptors (Lipinski definition) is 1. The Balaban J connectivity index is 2.03. The van der Waals surface area contributed by atoms with Gasteiger partial charge in [0.2, 0.25) is 0 Å². The summed E-state index contributed by atoms with van der Waals surface area (Å²) in [6.07, 6.45) is 11.7. The molecule has 1 heteroatoms. The standard InChI is InChI=1S/C10H17N/c1-2-6-10(5-1)7-3-4-8-11-9-10/h1,5,11H,2-4,6-9H2. The maximum absolute atomic E-state index is 3.53. The quantitative estimate of drug-likeness (QED) is 0.523. The largest absolute Gasteiger partial charge is 0.316 e. The van der Waals surface area contributed by atoms with Gasteiger partial charge in [-0.05, 0) is 32.2 Å². The molecule has 2 rings (SSSR count). The molecule has 1 aliphatic carbocycles. The summed E-state index contributed by atoms with van der Waals surface area (Å²) in [5.41, 5.74) is 0.566. The molecule has 0 saturated carbocycles. The highest BCUT2D eigenvalue weighted by molar-refractivity contribution is 5.08. The topological polar surface area (TPSA) is 12.0 Å². The number of nitrogens with one attached hydrogen (secondary N) is 1. The van der Waals surface area contributed by atoms with E-state index in [9.17, 15) is 0 Å². The van der Waals surface area contributed by atoms with Crippen molar-refractivity contribution in [3.8, 4) is 0 Å².